The van der Waals surface area contributed by atoms with Crippen molar-refractivity contribution in [1.29, 1.82) is 0 Å². The van der Waals surface area contributed by atoms with Crippen LogP contribution in [0.1, 0.15) is 102 Å². The number of amides is 3. The molecule has 0 saturated carbocycles. The molecular formula is C33H47N5O2. The minimum absolute atomic E-state index is 0.0590. The molecular weight excluding hydrogens is 498 g/mol. The van der Waals surface area contributed by atoms with Crippen LogP contribution in [0.4, 0.5) is 16.3 Å². The minimum Gasteiger partial charge on any atom is -0.315 e. The second-order valence-electron chi connectivity index (χ2n) is 12.2. The normalized spacial score (nSPS) is 11.7. The van der Waals surface area contributed by atoms with E-state index in [-0.39, 0.29) is 35.7 Å². The monoisotopic (exact) mass is 545 g/mol. The first-order chi connectivity index (χ1) is 18.8. The van der Waals surface area contributed by atoms with E-state index in [0.29, 0.717) is 12.4 Å². The largest absolute Gasteiger partial charge is 0.322 e. The molecule has 0 bridgehead atoms. The second-order valence-corrected chi connectivity index (χ2v) is 12.2. The van der Waals surface area contributed by atoms with Crippen molar-refractivity contribution < 1.29 is 9.59 Å². The van der Waals surface area contributed by atoms with Gasteiger partial charge in [0.15, 0.2) is 0 Å². The second kappa shape index (κ2) is 13.2. The van der Waals surface area contributed by atoms with Crippen molar-refractivity contribution >= 4 is 23.4 Å². The summed E-state index contributed by atoms with van der Waals surface area (Å²) in [4.78, 5) is 28.7. The van der Waals surface area contributed by atoms with Gasteiger partial charge in [-0.15, -0.1) is 0 Å². The number of hydrogen-bond donors (Lipinski definition) is 2. The van der Waals surface area contributed by atoms with Gasteiger partial charge in [0, 0.05) is 23.7 Å². The van der Waals surface area contributed by atoms with Crippen molar-refractivity contribution in [2.24, 2.45) is 0 Å². The molecule has 0 aliphatic heterocycles. The average Bonchev–Trinajstić information content (AvgIpc) is 3.30. The summed E-state index contributed by atoms with van der Waals surface area (Å²) in [7, 11) is 0. The summed E-state index contributed by atoms with van der Waals surface area (Å²) in [6.07, 6.45) is 1.72. The zero-order chi connectivity index (χ0) is 29.6. The van der Waals surface area contributed by atoms with Gasteiger partial charge in [-0.2, -0.15) is 5.10 Å². The summed E-state index contributed by atoms with van der Waals surface area (Å²) in [6.45, 7) is 19.3. The summed E-state index contributed by atoms with van der Waals surface area (Å²) in [6, 6.07) is 15.8. The number of rotatable bonds is 10. The number of aryl methyl sites for hydroxylation is 1. The maximum absolute atomic E-state index is 13.6. The fraction of sp³-hybridized carbons (Fsp3) is 0.485. The fourth-order valence-electron chi connectivity index (χ4n) is 4.66. The number of anilines is 2. The van der Waals surface area contributed by atoms with E-state index in [1.165, 1.54) is 0 Å². The van der Waals surface area contributed by atoms with Crippen molar-refractivity contribution in [2.45, 2.75) is 92.4 Å². The van der Waals surface area contributed by atoms with Gasteiger partial charge < -0.3 is 15.5 Å². The van der Waals surface area contributed by atoms with E-state index in [4.69, 9.17) is 5.10 Å². The maximum atomic E-state index is 13.6. The molecule has 0 spiro atoms. The van der Waals surface area contributed by atoms with Gasteiger partial charge in [0.2, 0.25) is 5.91 Å². The number of carbonyl (C=O) groups excluding carboxylic acids is 2. The highest BCUT2D eigenvalue weighted by atomic mass is 16.2. The van der Waals surface area contributed by atoms with E-state index >= 15 is 0 Å². The van der Waals surface area contributed by atoms with Crippen LogP contribution in [-0.4, -0.2) is 39.7 Å². The lowest BCUT2D eigenvalue weighted by molar-refractivity contribution is -0.116. The van der Waals surface area contributed by atoms with Crippen LogP contribution in [-0.2, 0) is 10.2 Å². The summed E-state index contributed by atoms with van der Waals surface area (Å²) in [5.41, 5.74) is 5.67. The van der Waals surface area contributed by atoms with Crippen molar-refractivity contribution in [1.82, 2.24) is 14.7 Å². The number of carbonyl (C=O) groups is 2. The van der Waals surface area contributed by atoms with Gasteiger partial charge in [0.1, 0.15) is 12.4 Å². The van der Waals surface area contributed by atoms with E-state index in [9.17, 15) is 9.59 Å². The van der Waals surface area contributed by atoms with Gasteiger partial charge in [-0.1, -0.05) is 98.2 Å². The zero-order valence-electron chi connectivity index (χ0n) is 25.8. The third-order valence-corrected chi connectivity index (χ3v) is 7.10. The molecule has 1 heterocycles. The van der Waals surface area contributed by atoms with Crippen molar-refractivity contribution in [2.75, 3.05) is 23.7 Å². The molecule has 2 N–H and O–H groups in total. The lowest BCUT2D eigenvalue weighted by atomic mass is 9.92. The molecule has 3 amide bonds. The van der Waals surface area contributed by atoms with Crippen LogP contribution >= 0.6 is 0 Å². The number of hydrogen-bond acceptors (Lipinski definition) is 3. The molecule has 0 atom stereocenters. The Balaban J connectivity index is 1.89. The molecule has 0 fully saturated rings. The van der Waals surface area contributed by atoms with Crippen LogP contribution < -0.4 is 10.6 Å². The molecule has 0 radical (unpaired) electrons. The van der Waals surface area contributed by atoms with E-state index < -0.39 is 0 Å². The highest BCUT2D eigenvalue weighted by Crippen LogP contribution is 2.33. The number of benzene rings is 2. The Kier molecular flexibility index (Phi) is 10.2. The predicted octanol–water partition coefficient (Wildman–Crippen LogP) is 8.00. The number of urea groups is 1. The molecule has 1 aromatic heterocycles. The van der Waals surface area contributed by atoms with Gasteiger partial charge in [0.05, 0.1) is 11.4 Å². The lowest BCUT2D eigenvalue weighted by Crippen LogP contribution is -2.41. The van der Waals surface area contributed by atoms with Crippen LogP contribution in [0.5, 0.6) is 0 Å². The first-order valence-corrected chi connectivity index (χ1v) is 14.5. The SMILES string of the molecule is CCCCN(CC(=O)Nc1cc(C(C)(C)C)nn1-c1ccccc1C)C(=O)Nc1c(C(C)C)cccc1C(C)C. The topological polar surface area (TPSA) is 79.3 Å². The Labute approximate surface area is 240 Å². The Morgan fingerprint density at radius 1 is 0.950 bits per heavy atom. The van der Waals surface area contributed by atoms with E-state index in [0.717, 1.165) is 46.6 Å². The van der Waals surface area contributed by atoms with Crippen molar-refractivity contribution in [3.63, 3.8) is 0 Å². The standard InChI is InChI=1S/C33H47N5O2/c1-10-11-19-37(32(40)35-31-25(22(2)3)16-14-17-26(31)23(4)5)21-30(39)34-29-20-28(33(7,8)9)36-38(29)27-18-13-12-15-24(27)6/h12-18,20,22-23H,10-11,19,21H2,1-9H3,(H,34,39)(H,35,40). The van der Waals surface area contributed by atoms with Crippen LogP contribution in [0.2, 0.25) is 0 Å². The molecule has 216 valence electrons. The zero-order valence-corrected chi connectivity index (χ0v) is 25.8. The quantitative estimate of drug-likeness (QED) is 0.271. The number of nitrogens with one attached hydrogen (secondary N) is 2. The van der Waals surface area contributed by atoms with Gasteiger partial charge in [0.25, 0.3) is 0 Å². The van der Waals surface area contributed by atoms with Crippen LogP contribution in [0.3, 0.4) is 0 Å². The predicted molar refractivity (Wildman–Crippen MR) is 166 cm³/mol. The molecule has 3 rings (SSSR count). The molecule has 2 aromatic carbocycles. The van der Waals surface area contributed by atoms with Gasteiger partial charge in [-0.25, -0.2) is 9.48 Å². The highest BCUT2D eigenvalue weighted by molar-refractivity contribution is 5.97. The van der Waals surface area contributed by atoms with Gasteiger partial charge in [-0.3, -0.25) is 4.79 Å². The molecule has 0 aliphatic rings. The summed E-state index contributed by atoms with van der Waals surface area (Å²) >= 11 is 0. The van der Waals surface area contributed by atoms with Crippen molar-refractivity contribution in [3.8, 4) is 5.69 Å². The molecule has 0 unspecified atom stereocenters. The molecule has 40 heavy (non-hydrogen) atoms. The van der Waals surface area contributed by atoms with Gasteiger partial charge >= 0.3 is 6.03 Å². The Morgan fingerprint density at radius 2 is 1.57 bits per heavy atom. The maximum Gasteiger partial charge on any atom is 0.322 e. The minimum atomic E-state index is -0.263. The lowest BCUT2D eigenvalue weighted by Gasteiger charge is -2.26. The van der Waals surface area contributed by atoms with Crippen LogP contribution in [0.15, 0.2) is 48.5 Å². The Bertz CT molecular complexity index is 1290. The smallest absolute Gasteiger partial charge is 0.315 e. The van der Waals surface area contributed by atoms with Crippen molar-refractivity contribution in [3.05, 3.63) is 70.9 Å². The molecule has 7 heteroatoms. The van der Waals surface area contributed by atoms with Crippen LogP contribution in [0.25, 0.3) is 5.69 Å². The van der Waals surface area contributed by atoms with Crippen LogP contribution in [0, 0.1) is 6.92 Å². The summed E-state index contributed by atoms with van der Waals surface area (Å²) in [5.74, 6) is 0.829. The third kappa shape index (κ3) is 7.52. The Hall–Kier alpha value is -3.61. The first kappa shape index (κ1) is 30.9. The van der Waals surface area contributed by atoms with E-state index in [1.807, 2.05) is 43.3 Å². The molecule has 3 aromatic rings. The molecule has 7 nitrogen and oxygen atoms in total. The van der Waals surface area contributed by atoms with E-state index in [1.54, 1.807) is 9.58 Å². The number of aromatic nitrogens is 2. The molecule has 0 saturated heterocycles. The fourth-order valence-corrected chi connectivity index (χ4v) is 4.66. The van der Waals surface area contributed by atoms with E-state index in [2.05, 4.69) is 78.2 Å². The first-order valence-electron chi connectivity index (χ1n) is 14.5. The average molecular weight is 546 g/mol. The van der Waals surface area contributed by atoms with Gasteiger partial charge in [-0.05, 0) is 47.9 Å². The molecule has 0 aliphatic carbocycles. The summed E-state index contributed by atoms with van der Waals surface area (Å²) < 4.78 is 1.79. The Morgan fingerprint density at radius 3 is 2.12 bits per heavy atom. The summed E-state index contributed by atoms with van der Waals surface area (Å²) in [5, 5.41) is 11.1. The number of nitrogens with zero attached hydrogens (tertiary/aromatic N) is 3. The number of unbranched alkanes of at least 4 members (excludes halogenated alkanes) is 1. The number of para-hydroxylation sites is 2. The third-order valence-electron chi connectivity index (χ3n) is 7.10. The highest BCUT2D eigenvalue weighted by Gasteiger charge is 2.24.